The summed E-state index contributed by atoms with van der Waals surface area (Å²) in [7, 11) is 0. The molecule has 3 atom stereocenters. The fourth-order valence-electron chi connectivity index (χ4n) is 17.5. The summed E-state index contributed by atoms with van der Waals surface area (Å²) in [5, 5.41) is 0. The van der Waals surface area contributed by atoms with Crippen molar-refractivity contribution in [2.24, 2.45) is 11.8 Å². The Hall–Kier alpha value is -4.99. The minimum atomic E-state index is -0.205. The number of hydrogen-bond donors (Lipinski definition) is 0. The number of benzene rings is 3. The number of carbonyl (C=O) groups excluding carboxylic acids is 4. The molecule has 3 aromatic carbocycles. The van der Waals surface area contributed by atoms with Gasteiger partial charge in [0.15, 0.2) is 0 Å². The molecule has 7 fully saturated rings. The molecule has 3 aliphatic carbocycles. The Morgan fingerprint density at radius 2 is 0.951 bits per heavy atom. The summed E-state index contributed by atoms with van der Waals surface area (Å²) >= 11 is 0. The van der Waals surface area contributed by atoms with Gasteiger partial charge in [-0.05, 0) is 226 Å². The molecule has 15 heteroatoms. The Morgan fingerprint density at radius 1 is 0.512 bits per heavy atom. The number of fused-ring (bicyclic) bond motifs is 8. The van der Waals surface area contributed by atoms with E-state index in [0.29, 0.717) is 19.2 Å². The Labute approximate surface area is 486 Å². The van der Waals surface area contributed by atoms with Gasteiger partial charge in [0, 0.05) is 98.0 Å². The zero-order chi connectivity index (χ0) is 57.3. The van der Waals surface area contributed by atoms with E-state index in [9.17, 15) is 32.3 Å². The second kappa shape index (κ2) is 24.9. The van der Waals surface area contributed by atoms with Crippen LogP contribution in [0.4, 0.5) is 35.0 Å². The molecule has 3 saturated carbocycles. The summed E-state index contributed by atoms with van der Waals surface area (Å²) in [6.07, 6.45) is 24.4. The highest BCUT2D eigenvalue weighted by atomic mass is 19.1. The predicted octanol–water partition coefficient (Wildman–Crippen LogP) is 11.9. The summed E-state index contributed by atoms with van der Waals surface area (Å²) in [6, 6.07) is 16.9. The molecule has 0 N–H and O–H groups in total. The minimum absolute atomic E-state index is 0.0491. The number of carbonyl (C=O) groups is 4. The fraction of sp³-hybridized carbons (Fsp3) is 0.672. The molecule has 446 valence electrons. The van der Waals surface area contributed by atoms with Crippen LogP contribution in [0.2, 0.25) is 0 Å². The molecule has 10 aliphatic rings. The molecular weight excluding hydrogens is 1040 g/mol. The lowest BCUT2D eigenvalue weighted by molar-refractivity contribution is -0.117. The molecule has 3 aromatic rings. The number of nitrogens with zero attached hydrogens (tertiary/aromatic N) is 7. The maximum absolute atomic E-state index is 14.1. The first-order valence-corrected chi connectivity index (χ1v) is 31.9. The van der Waals surface area contributed by atoms with Crippen LogP contribution in [-0.2, 0) is 35.4 Å². The van der Waals surface area contributed by atoms with Crippen LogP contribution < -0.4 is 14.7 Å². The first-order chi connectivity index (χ1) is 39.6. The maximum Gasteiger partial charge on any atom is 0.409 e. The number of piperidine rings is 4. The fourth-order valence-corrected chi connectivity index (χ4v) is 17.5. The van der Waals surface area contributed by atoms with Gasteiger partial charge >= 0.3 is 6.09 Å². The van der Waals surface area contributed by atoms with E-state index in [0.717, 1.165) is 181 Å². The van der Waals surface area contributed by atoms with E-state index in [1.54, 1.807) is 56.0 Å². The summed E-state index contributed by atoms with van der Waals surface area (Å²) < 4.78 is 47.1. The van der Waals surface area contributed by atoms with Gasteiger partial charge in [-0.3, -0.25) is 14.4 Å². The highest BCUT2D eigenvalue weighted by Crippen LogP contribution is 2.52. The summed E-state index contributed by atoms with van der Waals surface area (Å²) in [5.41, 5.74) is 5.90. The number of amides is 3. The smallest absolute Gasteiger partial charge is 0.409 e. The minimum Gasteiger partial charge on any atom is -0.450 e. The largest absolute Gasteiger partial charge is 0.450 e. The van der Waals surface area contributed by atoms with Gasteiger partial charge in [-0.1, -0.05) is 38.5 Å². The van der Waals surface area contributed by atoms with Crippen molar-refractivity contribution in [2.45, 2.75) is 190 Å². The van der Waals surface area contributed by atoms with Crippen molar-refractivity contribution in [3.8, 4) is 0 Å². The molecular formula is C67H92F3N7O5. The number of hydrogen-bond acceptors (Lipinski definition) is 9. The van der Waals surface area contributed by atoms with Gasteiger partial charge in [-0.2, -0.15) is 0 Å². The number of Topliss-reactive ketones (excluding diaryl/α,β-unsaturated/α-hetero) is 1. The van der Waals surface area contributed by atoms with E-state index in [1.165, 1.54) is 95.2 Å². The third-order valence-electron chi connectivity index (χ3n) is 21.9. The molecule has 0 aromatic heterocycles. The Bertz CT molecular complexity index is 2770. The second-order valence-electron chi connectivity index (χ2n) is 26.7. The van der Waals surface area contributed by atoms with Crippen molar-refractivity contribution in [3.05, 3.63) is 88.7 Å². The molecule has 0 radical (unpaired) electrons. The number of anilines is 3. The van der Waals surface area contributed by atoms with Crippen molar-refractivity contribution < 1.29 is 37.1 Å². The molecule has 3 spiro atoms. The predicted molar refractivity (Wildman–Crippen MR) is 317 cm³/mol. The molecule has 12 nitrogen and oxygen atoms in total. The van der Waals surface area contributed by atoms with Gasteiger partial charge in [0.25, 0.3) is 0 Å². The number of halogens is 3. The maximum atomic E-state index is 14.1. The highest BCUT2D eigenvalue weighted by molar-refractivity contribution is 5.95. The van der Waals surface area contributed by atoms with Crippen LogP contribution in [-0.4, -0.2) is 147 Å². The van der Waals surface area contributed by atoms with E-state index in [4.69, 9.17) is 4.74 Å². The van der Waals surface area contributed by atoms with Gasteiger partial charge in [0.05, 0.1) is 13.2 Å². The van der Waals surface area contributed by atoms with Crippen LogP contribution in [0.1, 0.15) is 173 Å². The first-order valence-electron chi connectivity index (χ1n) is 31.9. The zero-order valence-corrected chi connectivity index (χ0v) is 49.7. The number of likely N-dealkylation sites (tertiary alicyclic amines) is 4. The van der Waals surface area contributed by atoms with E-state index < -0.39 is 0 Å². The highest BCUT2D eigenvalue weighted by Gasteiger charge is 2.50. The van der Waals surface area contributed by atoms with E-state index in [1.807, 2.05) is 22.8 Å². The molecule has 2 bridgehead atoms. The molecule has 3 amide bonds. The van der Waals surface area contributed by atoms with E-state index >= 15 is 0 Å². The van der Waals surface area contributed by atoms with Crippen LogP contribution in [0.25, 0.3) is 0 Å². The standard InChI is InChI=1S/C23H32FN3O3.C22H29FN2O.C22H31FN2O/c1-3-30-22(29)26-10-6-19(7-11-26)25-12-8-23(9-13-25)16-27(15-17(2)28)21-5-4-18(24)14-20(21)23;1-15(26)25-14-22(19-13-18(23)5-7-21(19)25)8-10-24(11-9-22)20-6-3-16-2-4-17(20)12-16;1-17(26)25-16-22(20-15-18(23)9-10-21(20)25)11-13-24(14-12-22)19-7-5-3-2-4-6-8-19/h4-5,14,19H,3,6-13,15-16H2,1-2H3;5,7,13,16-17,20H,2-4,6,8-12,14H2,1H3;9-10,15,19H,2-8,11-14,16H2,1H3/t;16?,17-,20?;/m.1./s1. The Morgan fingerprint density at radius 3 is 1.44 bits per heavy atom. The number of ether oxygens (including phenoxy) is 1. The van der Waals surface area contributed by atoms with Crippen LogP contribution in [0, 0.1) is 29.3 Å². The normalized spacial score (nSPS) is 26.1. The lowest BCUT2D eigenvalue weighted by atomic mass is 9.73. The van der Waals surface area contributed by atoms with Crippen molar-refractivity contribution in [1.29, 1.82) is 0 Å². The van der Waals surface area contributed by atoms with E-state index in [-0.39, 0.29) is 57.4 Å². The molecule has 2 unspecified atom stereocenters. The average molecular weight is 1130 g/mol. The van der Waals surface area contributed by atoms with Gasteiger partial charge < -0.3 is 39.0 Å². The third-order valence-corrected chi connectivity index (χ3v) is 21.9. The lowest BCUT2D eigenvalue weighted by Crippen LogP contribution is -2.52. The van der Waals surface area contributed by atoms with Gasteiger partial charge in [0.1, 0.15) is 23.2 Å². The molecule has 82 heavy (non-hydrogen) atoms. The van der Waals surface area contributed by atoms with Crippen LogP contribution in [0.3, 0.4) is 0 Å². The Balaban J connectivity index is 0.000000129. The quantitative estimate of drug-likeness (QED) is 0.239. The van der Waals surface area contributed by atoms with Crippen LogP contribution in [0.5, 0.6) is 0 Å². The SMILES string of the molecule is CC(=O)N1CC2(CCN(C3CCC4CC[C@@H]3C4)CC2)c2cc(F)ccc21.CC(=O)N1CC2(CCN(C3CCCCCCC3)CC2)c2cc(F)ccc21.CCOC(=O)N1CCC(N2CCC3(CC2)CN(CC(C)=O)c2ccc(F)cc23)CC1. The van der Waals surface area contributed by atoms with Gasteiger partial charge in [0.2, 0.25) is 11.8 Å². The monoisotopic (exact) mass is 1130 g/mol. The summed E-state index contributed by atoms with van der Waals surface area (Å²) in [6.45, 7) is 17.5. The van der Waals surface area contributed by atoms with Crippen molar-refractivity contribution >= 4 is 40.8 Å². The molecule has 7 aliphatic heterocycles. The first kappa shape index (κ1) is 58.8. The lowest BCUT2D eigenvalue weighted by Gasteiger charge is -2.46. The van der Waals surface area contributed by atoms with Crippen LogP contribution in [0.15, 0.2) is 54.6 Å². The number of ketones is 1. The van der Waals surface area contributed by atoms with E-state index in [2.05, 4.69) is 19.6 Å². The molecule has 13 rings (SSSR count). The van der Waals surface area contributed by atoms with Crippen molar-refractivity contribution in [3.63, 3.8) is 0 Å². The second-order valence-corrected chi connectivity index (χ2v) is 26.7. The van der Waals surface area contributed by atoms with Crippen LogP contribution >= 0.6 is 0 Å². The molecule has 7 heterocycles. The van der Waals surface area contributed by atoms with Crippen molar-refractivity contribution in [2.75, 3.05) is 99.8 Å². The third kappa shape index (κ3) is 12.1. The van der Waals surface area contributed by atoms with Gasteiger partial charge in [-0.15, -0.1) is 0 Å². The number of rotatable bonds is 6. The topological polar surface area (TPSA) is 100 Å². The zero-order valence-electron chi connectivity index (χ0n) is 49.7. The average Bonchev–Trinajstić information content (AvgIpc) is 4.30. The van der Waals surface area contributed by atoms with Crippen molar-refractivity contribution in [1.82, 2.24) is 19.6 Å². The summed E-state index contributed by atoms with van der Waals surface area (Å²) in [5.74, 6) is 1.61. The summed E-state index contributed by atoms with van der Waals surface area (Å²) in [4.78, 5) is 63.6. The molecule has 4 saturated heterocycles. The van der Waals surface area contributed by atoms with Gasteiger partial charge in [-0.25, -0.2) is 18.0 Å². The Kier molecular flexibility index (Phi) is 17.9.